The van der Waals surface area contributed by atoms with Crippen LogP contribution in [0.2, 0.25) is 0 Å². The van der Waals surface area contributed by atoms with Crippen molar-refractivity contribution in [3.05, 3.63) is 42.6 Å². The number of hydrogen-bond donors (Lipinski definition) is 1. The van der Waals surface area contributed by atoms with Gasteiger partial charge < -0.3 is 15.0 Å². The number of carbonyl (C=O) groups excluding carboxylic acids is 1. The third kappa shape index (κ3) is 4.65. The van der Waals surface area contributed by atoms with E-state index in [1.54, 1.807) is 36.9 Å². The van der Waals surface area contributed by atoms with Gasteiger partial charge in [-0.05, 0) is 37.3 Å². The summed E-state index contributed by atoms with van der Waals surface area (Å²) in [4.78, 5) is 27.0. The molecule has 0 aromatic carbocycles. The van der Waals surface area contributed by atoms with Crippen molar-refractivity contribution in [2.24, 2.45) is 5.92 Å². The van der Waals surface area contributed by atoms with E-state index in [2.05, 4.69) is 20.3 Å². The molecule has 1 fully saturated rings. The van der Waals surface area contributed by atoms with Crippen molar-refractivity contribution in [2.75, 3.05) is 32.1 Å². The van der Waals surface area contributed by atoms with Crippen LogP contribution in [-0.2, 0) is 11.2 Å². The molecule has 1 atom stereocenters. The smallest absolute Gasteiger partial charge is 0.260 e. The van der Waals surface area contributed by atoms with Crippen LogP contribution >= 0.6 is 0 Å². The monoisotopic (exact) mass is 341 g/mol. The molecule has 1 aliphatic rings. The standard InChI is InChI=1S/C18H23N5O2/c1-19-18-16(21-7-8-22-18)10-14-4-3-9-23(12-14)17(24)13-25-15-5-2-6-20-11-15/h2,5-8,11,14H,3-4,9-10,12-13H2,1H3,(H,19,22)/t14-/m0/s1. The van der Waals surface area contributed by atoms with Crippen LogP contribution in [0.4, 0.5) is 5.82 Å². The summed E-state index contributed by atoms with van der Waals surface area (Å²) in [5, 5.41) is 3.08. The number of rotatable bonds is 6. The molecule has 1 amide bonds. The third-order valence-electron chi connectivity index (χ3n) is 4.36. The molecule has 3 heterocycles. The Bertz CT molecular complexity index is 695. The fourth-order valence-electron chi connectivity index (χ4n) is 3.13. The van der Waals surface area contributed by atoms with Crippen LogP contribution in [0, 0.1) is 5.92 Å². The van der Waals surface area contributed by atoms with Crippen molar-refractivity contribution in [3.63, 3.8) is 0 Å². The van der Waals surface area contributed by atoms with E-state index >= 15 is 0 Å². The maximum atomic E-state index is 12.4. The Labute approximate surface area is 147 Å². The van der Waals surface area contributed by atoms with Crippen LogP contribution in [0.25, 0.3) is 0 Å². The minimum atomic E-state index is 0.0153. The summed E-state index contributed by atoms with van der Waals surface area (Å²) in [6.45, 7) is 1.56. The second-order valence-corrected chi connectivity index (χ2v) is 6.13. The number of likely N-dealkylation sites (tertiary alicyclic amines) is 1. The molecule has 7 heteroatoms. The van der Waals surface area contributed by atoms with E-state index in [1.807, 2.05) is 11.9 Å². The van der Waals surface area contributed by atoms with Gasteiger partial charge in [0.25, 0.3) is 5.91 Å². The van der Waals surface area contributed by atoms with Crippen molar-refractivity contribution in [1.82, 2.24) is 19.9 Å². The summed E-state index contributed by atoms with van der Waals surface area (Å²) in [5.41, 5.74) is 0.955. The Kier molecular flexibility index (Phi) is 5.77. The Hall–Kier alpha value is -2.70. The van der Waals surface area contributed by atoms with E-state index in [-0.39, 0.29) is 12.5 Å². The minimum absolute atomic E-state index is 0.0153. The molecule has 0 radical (unpaired) electrons. The maximum Gasteiger partial charge on any atom is 0.260 e. The van der Waals surface area contributed by atoms with Crippen LogP contribution in [-0.4, -0.2) is 52.5 Å². The lowest BCUT2D eigenvalue weighted by molar-refractivity contribution is -0.135. The number of aromatic nitrogens is 3. The van der Waals surface area contributed by atoms with Crippen molar-refractivity contribution in [2.45, 2.75) is 19.3 Å². The van der Waals surface area contributed by atoms with Gasteiger partial charge in [-0.1, -0.05) is 0 Å². The van der Waals surface area contributed by atoms with Gasteiger partial charge in [-0.3, -0.25) is 14.8 Å². The largest absolute Gasteiger partial charge is 0.482 e. The van der Waals surface area contributed by atoms with E-state index in [0.717, 1.165) is 43.9 Å². The van der Waals surface area contributed by atoms with Gasteiger partial charge in [0.2, 0.25) is 0 Å². The average Bonchev–Trinajstić information content (AvgIpc) is 2.67. The number of nitrogens with one attached hydrogen (secondary N) is 1. The summed E-state index contributed by atoms with van der Waals surface area (Å²) in [6.07, 6.45) is 9.59. The minimum Gasteiger partial charge on any atom is -0.482 e. The zero-order valence-electron chi connectivity index (χ0n) is 14.4. The predicted molar refractivity (Wildman–Crippen MR) is 94.3 cm³/mol. The van der Waals surface area contributed by atoms with Gasteiger partial charge in [0.1, 0.15) is 11.6 Å². The van der Waals surface area contributed by atoms with Crippen LogP contribution in [0.5, 0.6) is 5.75 Å². The van der Waals surface area contributed by atoms with Gasteiger partial charge in [0, 0.05) is 38.7 Å². The van der Waals surface area contributed by atoms with E-state index < -0.39 is 0 Å². The Morgan fingerprint density at radius 3 is 3.04 bits per heavy atom. The molecule has 0 saturated carbocycles. The highest BCUT2D eigenvalue weighted by Gasteiger charge is 2.25. The molecule has 0 spiro atoms. The lowest BCUT2D eigenvalue weighted by Gasteiger charge is -2.32. The number of pyridine rings is 1. The molecule has 1 saturated heterocycles. The molecule has 2 aromatic rings. The molecule has 2 aromatic heterocycles. The van der Waals surface area contributed by atoms with Crippen LogP contribution in [0.1, 0.15) is 18.5 Å². The van der Waals surface area contributed by atoms with Gasteiger partial charge in [-0.25, -0.2) is 4.98 Å². The Morgan fingerprint density at radius 1 is 1.36 bits per heavy atom. The second kappa shape index (κ2) is 8.41. The fourth-order valence-corrected chi connectivity index (χ4v) is 3.13. The first-order chi connectivity index (χ1) is 12.3. The predicted octanol–water partition coefficient (Wildman–Crippen LogP) is 1.77. The number of amides is 1. The molecule has 3 rings (SSSR count). The molecule has 0 aliphatic carbocycles. The second-order valence-electron chi connectivity index (χ2n) is 6.13. The van der Waals surface area contributed by atoms with E-state index in [9.17, 15) is 4.79 Å². The highest BCUT2D eigenvalue weighted by molar-refractivity contribution is 5.77. The first-order valence-electron chi connectivity index (χ1n) is 8.54. The number of hydrogen-bond acceptors (Lipinski definition) is 6. The van der Waals surface area contributed by atoms with Gasteiger partial charge in [0.05, 0.1) is 11.9 Å². The van der Waals surface area contributed by atoms with Gasteiger partial charge in [-0.2, -0.15) is 0 Å². The zero-order chi connectivity index (χ0) is 17.5. The van der Waals surface area contributed by atoms with Crippen molar-refractivity contribution in [3.8, 4) is 5.75 Å². The van der Waals surface area contributed by atoms with E-state index in [4.69, 9.17) is 4.74 Å². The number of ether oxygens (including phenoxy) is 1. The van der Waals surface area contributed by atoms with Crippen LogP contribution in [0.3, 0.4) is 0 Å². The number of nitrogens with zero attached hydrogens (tertiary/aromatic N) is 4. The van der Waals surface area contributed by atoms with Crippen molar-refractivity contribution >= 4 is 11.7 Å². The summed E-state index contributed by atoms with van der Waals surface area (Å²) in [5.74, 6) is 1.83. The Morgan fingerprint density at radius 2 is 2.24 bits per heavy atom. The molecule has 0 bridgehead atoms. The Balaban J connectivity index is 1.54. The highest BCUT2D eigenvalue weighted by Crippen LogP contribution is 2.22. The lowest BCUT2D eigenvalue weighted by atomic mass is 9.93. The van der Waals surface area contributed by atoms with Gasteiger partial charge >= 0.3 is 0 Å². The molecular weight excluding hydrogens is 318 g/mol. The molecule has 25 heavy (non-hydrogen) atoms. The number of carbonyl (C=O) groups is 1. The first-order valence-corrected chi connectivity index (χ1v) is 8.54. The van der Waals surface area contributed by atoms with Gasteiger partial charge in [-0.15, -0.1) is 0 Å². The van der Waals surface area contributed by atoms with Gasteiger partial charge in [0.15, 0.2) is 6.61 Å². The van der Waals surface area contributed by atoms with Crippen molar-refractivity contribution < 1.29 is 9.53 Å². The van der Waals surface area contributed by atoms with Crippen molar-refractivity contribution in [1.29, 1.82) is 0 Å². The molecule has 1 N–H and O–H groups in total. The molecule has 132 valence electrons. The van der Waals surface area contributed by atoms with Crippen LogP contribution in [0.15, 0.2) is 36.9 Å². The topological polar surface area (TPSA) is 80.2 Å². The first kappa shape index (κ1) is 17.1. The van der Waals surface area contributed by atoms with E-state index in [0.29, 0.717) is 11.7 Å². The summed E-state index contributed by atoms with van der Waals surface area (Å²) < 4.78 is 5.52. The molecule has 0 unspecified atom stereocenters. The summed E-state index contributed by atoms with van der Waals surface area (Å²) in [7, 11) is 1.85. The normalized spacial score (nSPS) is 17.2. The van der Waals surface area contributed by atoms with E-state index in [1.165, 1.54) is 0 Å². The highest BCUT2D eigenvalue weighted by atomic mass is 16.5. The quantitative estimate of drug-likeness (QED) is 0.862. The summed E-state index contributed by atoms with van der Waals surface area (Å²) in [6, 6.07) is 3.59. The van der Waals surface area contributed by atoms with Crippen LogP contribution < -0.4 is 10.1 Å². The number of piperidine rings is 1. The zero-order valence-corrected chi connectivity index (χ0v) is 14.4. The molecule has 1 aliphatic heterocycles. The molecular formula is C18H23N5O2. The number of anilines is 1. The molecule has 7 nitrogen and oxygen atoms in total. The average molecular weight is 341 g/mol. The maximum absolute atomic E-state index is 12.4. The lowest BCUT2D eigenvalue weighted by Crippen LogP contribution is -2.42. The third-order valence-corrected chi connectivity index (χ3v) is 4.36. The fraction of sp³-hybridized carbons (Fsp3) is 0.444. The SMILES string of the molecule is CNc1nccnc1C[C@@H]1CCCN(C(=O)COc2cccnc2)C1. The summed E-state index contributed by atoms with van der Waals surface area (Å²) >= 11 is 0.